The molecule has 0 heterocycles. The molecule has 1 N–H and O–H groups in total. The molecule has 0 spiro atoms. The van der Waals surface area contributed by atoms with Crippen molar-refractivity contribution < 1.29 is 18.3 Å². The standard InChI is InChI=1S/C14H19F2NO2/c1-3-10(4-2)9-17-13(18)11-7-5-6-8-12(11)19-14(15)16/h5-8,10,14H,3-4,9H2,1-2H3,(H,17,18). The topological polar surface area (TPSA) is 38.3 Å². The van der Waals surface area contributed by atoms with Crippen LogP contribution in [-0.2, 0) is 0 Å². The first-order valence-corrected chi connectivity index (χ1v) is 6.40. The summed E-state index contributed by atoms with van der Waals surface area (Å²) < 4.78 is 28.8. The minimum Gasteiger partial charge on any atom is -0.434 e. The summed E-state index contributed by atoms with van der Waals surface area (Å²) in [6, 6.07) is 6.00. The Bertz CT molecular complexity index is 406. The largest absolute Gasteiger partial charge is 0.434 e. The molecule has 1 aromatic carbocycles. The molecule has 0 radical (unpaired) electrons. The maximum absolute atomic E-state index is 12.2. The third kappa shape index (κ3) is 4.85. The van der Waals surface area contributed by atoms with E-state index in [0.717, 1.165) is 12.8 Å². The molecular formula is C14H19F2NO2. The zero-order valence-corrected chi connectivity index (χ0v) is 11.2. The Morgan fingerprint density at radius 1 is 1.26 bits per heavy atom. The van der Waals surface area contributed by atoms with Crippen molar-refractivity contribution in [2.45, 2.75) is 33.3 Å². The van der Waals surface area contributed by atoms with Gasteiger partial charge in [0.2, 0.25) is 0 Å². The van der Waals surface area contributed by atoms with Gasteiger partial charge in [0.15, 0.2) is 0 Å². The minimum atomic E-state index is -2.94. The summed E-state index contributed by atoms with van der Waals surface area (Å²) in [4.78, 5) is 11.9. The van der Waals surface area contributed by atoms with Gasteiger partial charge in [-0.1, -0.05) is 38.8 Å². The third-order valence-corrected chi connectivity index (χ3v) is 3.05. The van der Waals surface area contributed by atoms with Gasteiger partial charge in [0.1, 0.15) is 5.75 Å². The average Bonchev–Trinajstić information content (AvgIpc) is 2.39. The lowest BCUT2D eigenvalue weighted by Crippen LogP contribution is -2.29. The third-order valence-electron chi connectivity index (χ3n) is 3.05. The van der Waals surface area contributed by atoms with Gasteiger partial charge in [0.25, 0.3) is 5.91 Å². The Morgan fingerprint density at radius 2 is 1.89 bits per heavy atom. The zero-order valence-electron chi connectivity index (χ0n) is 11.2. The van der Waals surface area contributed by atoms with Crippen LogP contribution in [-0.4, -0.2) is 19.1 Å². The van der Waals surface area contributed by atoms with E-state index in [4.69, 9.17) is 0 Å². The average molecular weight is 271 g/mol. The van der Waals surface area contributed by atoms with Crippen molar-refractivity contribution in [1.29, 1.82) is 0 Å². The summed E-state index contributed by atoms with van der Waals surface area (Å²) in [5.41, 5.74) is 0.133. The lowest BCUT2D eigenvalue weighted by molar-refractivity contribution is -0.0501. The summed E-state index contributed by atoms with van der Waals surface area (Å²) in [6.07, 6.45) is 1.93. The molecule has 0 saturated carbocycles. The van der Waals surface area contributed by atoms with Crippen molar-refractivity contribution >= 4 is 5.91 Å². The molecule has 0 aromatic heterocycles. The van der Waals surface area contributed by atoms with E-state index >= 15 is 0 Å². The normalized spacial score (nSPS) is 10.8. The van der Waals surface area contributed by atoms with Crippen molar-refractivity contribution in [2.24, 2.45) is 5.92 Å². The Hall–Kier alpha value is -1.65. The van der Waals surface area contributed by atoms with Crippen LogP contribution in [0.4, 0.5) is 8.78 Å². The smallest absolute Gasteiger partial charge is 0.387 e. The van der Waals surface area contributed by atoms with E-state index in [2.05, 4.69) is 10.1 Å². The molecule has 1 aromatic rings. The Morgan fingerprint density at radius 3 is 2.47 bits per heavy atom. The van der Waals surface area contributed by atoms with Crippen molar-refractivity contribution in [1.82, 2.24) is 5.32 Å². The van der Waals surface area contributed by atoms with Gasteiger partial charge in [-0.15, -0.1) is 0 Å². The van der Waals surface area contributed by atoms with Crippen LogP contribution in [0.3, 0.4) is 0 Å². The highest BCUT2D eigenvalue weighted by Crippen LogP contribution is 2.20. The quantitative estimate of drug-likeness (QED) is 0.824. The minimum absolute atomic E-state index is 0.0976. The second-order valence-electron chi connectivity index (χ2n) is 4.27. The van der Waals surface area contributed by atoms with Gasteiger partial charge in [-0.2, -0.15) is 8.78 Å². The summed E-state index contributed by atoms with van der Waals surface area (Å²) in [5, 5.41) is 2.75. The van der Waals surface area contributed by atoms with E-state index < -0.39 is 6.61 Å². The first-order chi connectivity index (χ1) is 9.08. The molecule has 1 amide bonds. The van der Waals surface area contributed by atoms with Crippen LogP contribution in [0.2, 0.25) is 0 Å². The monoisotopic (exact) mass is 271 g/mol. The second-order valence-corrected chi connectivity index (χ2v) is 4.27. The predicted octanol–water partition coefficient (Wildman–Crippen LogP) is 3.45. The number of para-hydroxylation sites is 1. The number of carbonyl (C=O) groups excluding carboxylic acids is 1. The molecule has 0 atom stereocenters. The maximum Gasteiger partial charge on any atom is 0.387 e. The molecular weight excluding hydrogens is 252 g/mol. The summed E-state index contributed by atoms with van der Waals surface area (Å²) in [6.45, 7) is 1.70. The van der Waals surface area contributed by atoms with Crippen molar-refractivity contribution in [3.8, 4) is 5.75 Å². The zero-order chi connectivity index (χ0) is 14.3. The number of carbonyl (C=O) groups is 1. The summed E-state index contributed by atoms with van der Waals surface area (Å²) in [5.74, 6) is -0.0881. The fraction of sp³-hybridized carbons (Fsp3) is 0.500. The number of hydrogen-bond acceptors (Lipinski definition) is 2. The molecule has 1 rings (SSSR count). The highest BCUT2D eigenvalue weighted by molar-refractivity contribution is 5.96. The van der Waals surface area contributed by atoms with Crippen LogP contribution >= 0.6 is 0 Å². The van der Waals surface area contributed by atoms with E-state index in [0.29, 0.717) is 12.5 Å². The van der Waals surface area contributed by atoms with Crippen LogP contribution in [0.5, 0.6) is 5.75 Å². The Balaban J connectivity index is 2.71. The van der Waals surface area contributed by atoms with E-state index in [1.807, 2.05) is 13.8 Å². The number of nitrogens with one attached hydrogen (secondary N) is 1. The van der Waals surface area contributed by atoms with Crippen molar-refractivity contribution in [3.05, 3.63) is 29.8 Å². The molecule has 5 heteroatoms. The van der Waals surface area contributed by atoms with E-state index in [1.165, 1.54) is 12.1 Å². The van der Waals surface area contributed by atoms with Gasteiger partial charge in [0.05, 0.1) is 5.56 Å². The summed E-state index contributed by atoms with van der Waals surface area (Å²) >= 11 is 0. The SMILES string of the molecule is CCC(CC)CNC(=O)c1ccccc1OC(F)F. The first-order valence-electron chi connectivity index (χ1n) is 6.40. The fourth-order valence-electron chi connectivity index (χ4n) is 1.76. The molecule has 0 aliphatic carbocycles. The highest BCUT2D eigenvalue weighted by atomic mass is 19.3. The van der Waals surface area contributed by atoms with Crippen molar-refractivity contribution in [2.75, 3.05) is 6.54 Å². The van der Waals surface area contributed by atoms with Gasteiger partial charge in [-0.3, -0.25) is 4.79 Å². The number of rotatable bonds is 7. The lowest BCUT2D eigenvalue weighted by atomic mass is 10.0. The number of alkyl halides is 2. The van der Waals surface area contributed by atoms with Crippen LogP contribution in [0, 0.1) is 5.92 Å². The first kappa shape index (κ1) is 15.4. The Labute approximate surface area is 112 Å². The fourth-order valence-corrected chi connectivity index (χ4v) is 1.76. The van der Waals surface area contributed by atoms with Crippen LogP contribution in [0.1, 0.15) is 37.0 Å². The molecule has 3 nitrogen and oxygen atoms in total. The van der Waals surface area contributed by atoms with Gasteiger partial charge < -0.3 is 10.1 Å². The van der Waals surface area contributed by atoms with Gasteiger partial charge in [0, 0.05) is 6.54 Å². The number of hydrogen-bond donors (Lipinski definition) is 1. The van der Waals surface area contributed by atoms with Crippen LogP contribution in [0.25, 0.3) is 0 Å². The molecule has 0 aliphatic heterocycles. The predicted molar refractivity (Wildman–Crippen MR) is 69.5 cm³/mol. The van der Waals surface area contributed by atoms with E-state index in [1.54, 1.807) is 12.1 Å². The van der Waals surface area contributed by atoms with Crippen molar-refractivity contribution in [3.63, 3.8) is 0 Å². The van der Waals surface area contributed by atoms with Crippen LogP contribution in [0.15, 0.2) is 24.3 Å². The van der Waals surface area contributed by atoms with Gasteiger partial charge in [-0.05, 0) is 18.1 Å². The molecule has 0 saturated heterocycles. The van der Waals surface area contributed by atoms with Crippen LogP contribution < -0.4 is 10.1 Å². The molecule has 0 aliphatic rings. The summed E-state index contributed by atoms with van der Waals surface area (Å²) in [7, 11) is 0. The molecule has 0 unspecified atom stereocenters. The maximum atomic E-state index is 12.2. The second kappa shape index (κ2) is 7.71. The van der Waals surface area contributed by atoms with Gasteiger partial charge in [-0.25, -0.2) is 0 Å². The number of halogens is 2. The molecule has 0 bridgehead atoms. The molecule has 106 valence electrons. The highest BCUT2D eigenvalue weighted by Gasteiger charge is 2.15. The molecule has 0 fully saturated rings. The van der Waals surface area contributed by atoms with E-state index in [-0.39, 0.29) is 17.2 Å². The number of ether oxygens (including phenoxy) is 1. The number of benzene rings is 1. The van der Waals surface area contributed by atoms with E-state index in [9.17, 15) is 13.6 Å². The Kier molecular flexibility index (Phi) is 6.25. The number of amides is 1. The molecule has 19 heavy (non-hydrogen) atoms. The lowest BCUT2D eigenvalue weighted by Gasteiger charge is -2.14. The van der Waals surface area contributed by atoms with Gasteiger partial charge >= 0.3 is 6.61 Å².